The third kappa shape index (κ3) is 5.60. The number of allylic oxidation sites excluding steroid dienone is 2. The number of nitrogens with one attached hydrogen (secondary N) is 1. The molecule has 0 aliphatic heterocycles. The fourth-order valence-corrected chi connectivity index (χ4v) is 4.57. The first-order valence-corrected chi connectivity index (χ1v) is 11.3. The van der Waals surface area contributed by atoms with E-state index < -0.39 is 10.0 Å². The van der Waals surface area contributed by atoms with Crippen molar-refractivity contribution in [3.8, 4) is 0 Å². The number of benzene rings is 2. The number of halogens is 1. The largest absolute Gasteiger partial charge is 0.381 e. The lowest BCUT2D eigenvalue weighted by molar-refractivity contribution is 0.475. The summed E-state index contributed by atoms with van der Waals surface area (Å²) < 4.78 is 27.7. The molecule has 0 unspecified atom stereocenters. The molecule has 0 bridgehead atoms. The van der Waals surface area contributed by atoms with E-state index in [9.17, 15) is 8.42 Å². The van der Waals surface area contributed by atoms with E-state index in [-0.39, 0.29) is 0 Å². The van der Waals surface area contributed by atoms with Gasteiger partial charge in [-0.3, -0.25) is 0 Å². The molecule has 0 saturated heterocycles. The minimum absolute atomic E-state index is 0.335. The quantitative estimate of drug-likeness (QED) is 0.435. The Labute approximate surface area is 173 Å². The summed E-state index contributed by atoms with van der Waals surface area (Å²) >= 11 is 5.75. The van der Waals surface area contributed by atoms with Gasteiger partial charge in [0.25, 0.3) is 0 Å². The zero-order valence-corrected chi connectivity index (χ0v) is 18.6. The van der Waals surface area contributed by atoms with Crippen molar-refractivity contribution in [2.24, 2.45) is 0 Å². The zero-order valence-electron chi connectivity index (χ0n) is 17.0. The van der Waals surface area contributed by atoms with Crippen LogP contribution in [0.2, 0.25) is 0 Å². The summed E-state index contributed by atoms with van der Waals surface area (Å²) in [6.07, 6.45) is 4.70. The molecule has 0 aliphatic rings. The molecule has 0 heterocycles. The van der Waals surface area contributed by atoms with Crippen LogP contribution in [0.5, 0.6) is 0 Å². The number of fused-ring (bicyclic) bond motifs is 1. The van der Waals surface area contributed by atoms with E-state index >= 15 is 0 Å². The van der Waals surface area contributed by atoms with E-state index in [2.05, 4.69) is 5.32 Å². The average Bonchev–Trinajstić information content (AvgIpc) is 2.65. The highest BCUT2D eigenvalue weighted by atomic mass is 35.5. The maximum absolute atomic E-state index is 13.1. The maximum atomic E-state index is 13.1. The van der Waals surface area contributed by atoms with Gasteiger partial charge in [-0.15, -0.1) is 11.6 Å². The topological polar surface area (TPSA) is 49.4 Å². The first-order chi connectivity index (χ1) is 13.3. The molecule has 0 radical (unpaired) electrons. The number of anilines is 1. The van der Waals surface area contributed by atoms with E-state index in [4.69, 9.17) is 11.6 Å². The molecule has 1 N–H and O–H groups in total. The molecule has 28 heavy (non-hydrogen) atoms. The van der Waals surface area contributed by atoms with Gasteiger partial charge in [0.15, 0.2) is 0 Å². The predicted molar refractivity (Wildman–Crippen MR) is 121 cm³/mol. The van der Waals surface area contributed by atoms with Gasteiger partial charge in [-0.1, -0.05) is 47.6 Å². The van der Waals surface area contributed by atoms with Crippen molar-refractivity contribution in [2.75, 3.05) is 31.3 Å². The fraction of sp³-hybridized carbons (Fsp3) is 0.364. The Balaban J connectivity index is 2.37. The normalized spacial score (nSPS) is 12.4. The van der Waals surface area contributed by atoms with Gasteiger partial charge >= 0.3 is 0 Å². The molecule has 0 aliphatic carbocycles. The molecule has 0 amide bonds. The minimum Gasteiger partial charge on any atom is -0.381 e. The second kappa shape index (κ2) is 10.1. The van der Waals surface area contributed by atoms with Gasteiger partial charge in [0.1, 0.15) is 0 Å². The minimum atomic E-state index is -3.57. The highest BCUT2D eigenvalue weighted by Crippen LogP contribution is 2.30. The number of rotatable bonds is 9. The van der Waals surface area contributed by atoms with Crippen LogP contribution in [-0.2, 0) is 10.0 Å². The molecule has 0 aromatic heterocycles. The molecule has 0 spiro atoms. The van der Waals surface area contributed by atoms with Gasteiger partial charge in [-0.05, 0) is 39.3 Å². The molecule has 2 aromatic rings. The first-order valence-electron chi connectivity index (χ1n) is 9.34. The number of alkyl halides is 1. The van der Waals surface area contributed by atoms with Crippen LogP contribution in [-0.4, -0.2) is 38.7 Å². The van der Waals surface area contributed by atoms with Gasteiger partial charge in [0.05, 0.1) is 4.90 Å². The van der Waals surface area contributed by atoms with Gasteiger partial charge in [-0.2, -0.15) is 0 Å². The van der Waals surface area contributed by atoms with Crippen LogP contribution in [0.15, 0.2) is 64.6 Å². The van der Waals surface area contributed by atoms with Crippen LogP contribution in [0.25, 0.3) is 10.8 Å². The Morgan fingerprint density at radius 2 is 1.75 bits per heavy atom. The molecule has 4 nitrogen and oxygen atoms in total. The summed E-state index contributed by atoms with van der Waals surface area (Å²) in [7, 11) is -1.94. The third-order valence-electron chi connectivity index (χ3n) is 4.55. The molecule has 0 fully saturated rings. The summed E-state index contributed by atoms with van der Waals surface area (Å²) in [5.41, 5.74) is 3.23. The number of nitrogens with zero attached hydrogens (tertiary/aromatic N) is 1. The van der Waals surface area contributed by atoms with Crippen LogP contribution < -0.4 is 5.32 Å². The van der Waals surface area contributed by atoms with E-state index in [1.165, 1.54) is 9.88 Å². The van der Waals surface area contributed by atoms with Crippen LogP contribution in [0.1, 0.15) is 27.2 Å². The van der Waals surface area contributed by atoms with Crippen molar-refractivity contribution in [1.29, 1.82) is 0 Å². The van der Waals surface area contributed by atoms with E-state index in [1.807, 2.05) is 57.2 Å². The van der Waals surface area contributed by atoms with Crippen molar-refractivity contribution in [2.45, 2.75) is 32.1 Å². The Morgan fingerprint density at radius 1 is 1.07 bits per heavy atom. The summed E-state index contributed by atoms with van der Waals surface area (Å²) in [4.78, 5) is 0.335. The number of hydrogen-bond donors (Lipinski definition) is 1. The molecule has 152 valence electrons. The first kappa shape index (κ1) is 22.5. The molecule has 6 heteroatoms. The SMILES string of the molecule is CC(C)=CCCN(C)S(=O)(=O)c1cccc2c(NC/C(C)=C/CCl)cccc12. The molecular weight excluding hydrogens is 392 g/mol. The summed E-state index contributed by atoms with van der Waals surface area (Å²) in [6, 6.07) is 11.1. The van der Waals surface area contributed by atoms with Crippen molar-refractivity contribution < 1.29 is 8.42 Å². The van der Waals surface area contributed by atoms with Gasteiger partial charge in [0.2, 0.25) is 10.0 Å². The smallest absolute Gasteiger partial charge is 0.243 e. The predicted octanol–water partition coefficient (Wildman–Crippen LogP) is 5.41. The Bertz CT molecular complexity index is 977. The van der Waals surface area contributed by atoms with Crippen molar-refractivity contribution in [3.63, 3.8) is 0 Å². The van der Waals surface area contributed by atoms with Crippen LogP contribution >= 0.6 is 11.6 Å². The van der Waals surface area contributed by atoms with Crippen molar-refractivity contribution >= 4 is 38.1 Å². The standard InChI is InChI=1S/C22H29ClN2O2S/c1-17(2)8-7-15-25(4)28(26,27)22-12-6-9-19-20(22)10-5-11-21(19)24-16-18(3)13-14-23/h5-6,8-13,24H,7,14-16H2,1-4H3/b18-13+. The molecule has 0 atom stereocenters. The molecule has 2 aromatic carbocycles. The van der Waals surface area contributed by atoms with E-state index in [0.717, 1.165) is 22.0 Å². The second-order valence-electron chi connectivity index (χ2n) is 7.11. The monoisotopic (exact) mass is 420 g/mol. The van der Waals surface area contributed by atoms with E-state index in [0.29, 0.717) is 30.3 Å². The number of hydrogen-bond acceptors (Lipinski definition) is 3. The number of sulfonamides is 1. The van der Waals surface area contributed by atoms with E-state index in [1.54, 1.807) is 19.2 Å². The van der Waals surface area contributed by atoms with Crippen LogP contribution in [0.3, 0.4) is 0 Å². The highest BCUT2D eigenvalue weighted by molar-refractivity contribution is 7.89. The zero-order chi connectivity index (χ0) is 20.7. The Kier molecular flexibility index (Phi) is 8.10. The van der Waals surface area contributed by atoms with Gasteiger partial charge < -0.3 is 5.32 Å². The Hall–Kier alpha value is -1.82. The third-order valence-corrected chi connectivity index (χ3v) is 6.62. The summed E-state index contributed by atoms with van der Waals surface area (Å²) in [5.74, 6) is 0.477. The lowest BCUT2D eigenvalue weighted by Crippen LogP contribution is -2.28. The van der Waals surface area contributed by atoms with Crippen LogP contribution in [0, 0.1) is 0 Å². The Morgan fingerprint density at radius 3 is 2.43 bits per heavy atom. The lowest BCUT2D eigenvalue weighted by atomic mass is 10.1. The van der Waals surface area contributed by atoms with Crippen molar-refractivity contribution in [3.05, 3.63) is 59.7 Å². The fourth-order valence-electron chi connectivity index (χ4n) is 2.92. The molecule has 0 saturated carbocycles. The van der Waals surface area contributed by atoms with Gasteiger partial charge in [0, 0.05) is 42.5 Å². The summed E-state index contributed by atoms with van der Waals surface area (Å²) in [6.45, 7) is 7.14. The average molecular weight is 421 g/mol. The van der Waals surface area contributed by atoms with Crippen LogP contribution in [0.4, 0.5) is 5.69 Å². The lowest BCUT2D eigenvalue weighted by Gasteiger charge is -2.19. The highest BCUT2D eigenvalue weighted by Gasteiger charge is 2.22. The maximum Gasteiger partial charge on any atom is 0.243 e. The van der Waals surface area contributed by atoms with Crippen molar-refractivity contribution in [1.82, 2.24) is 4.31 Å². The second-order valence-corrected chi connectivity index (χ2v) is 9.43. The summed E-state index contributed by atoms with van der Waals surface area (Å²) in [5, 5.41) is 5.00. The van der Waals surface area contributed by atoms with Gasteiger partial charge in [-0.25, -0.2) is 12.7 Å². The molecule has 2 rings (SSSR count). The molecular formula is C22H29ClN2O2S.